The number of aryl methyl sites for hydroxylation is 1. The van der Waals surface area contributed by atoms with E-state index in [-0.39, 0.29) is 11.5 Å². The maximum Gasteiger partial charge on any atom is 0.341 e. The van der Waals surface area contributed by atoms with Gasteiger partial charge in [0, 0.05) is 10.4 Å². The number of benzene rings is 1. The van der Waals surface area contributed by atoms with Gasteiger partial charge in [-0.2, -0.15) is 0 Å². The molecule has 2 aromatic rings. The number of carboxylic acid groups (broad SMARTS) is 1. The summed E-state index contributed by atoms with van der Waals surface area (Å²) in [7, 11) is 2.87. The van der Waals surface area contributed by atoms with Gasteiger partial charge in [0.05, 0.1) is 26.1 Å². The van der Waals surface area contributed by atoms with E-state index in [1.54, 1.807) is 19.2 Å². The van der Waals surface area contributed by atoms with Gasteiger partial charge >= 0.3 is 11.9 Å². The molecule has 1 heterocycles. The van der Waals surface area contributed by atoms with Crippen LogP contribution in [0, 0.1) is 18.8 Å². The average molecular weight is 432 g/mol. The van der Waals surface area contributed by atoms with Crippen molar-refractivity contribution in [3.63, 3.8) is 0 Å². The Kier molecular flexibility index (Phi) is 6.77. The van der Waals surface area contributed by atoms with E-state index in [4.69, 9.17) is 9.47 Å². The van der Waals surface area contributed by atoms with Crippen molar-refractivity contribution in [2.24, 2.45) is 11.8 Å². The van der Waals surface area contributed by atoms with Gasteiger partial charge in [0.2, 0.25) is 5.91 Å². The lowest BCUT2D eigenvalue weighted by Crippen LogP contribution is -2.36. The van der Waals surface area contributed by atoms with E-state index in [0.717, 1.165) is 23.3 Å². The Balaban J connectivity index is 1.97. The first-order valence-corrected chi connectivity index (χ1v) is 10.6. The number of hydrogen-bond acceptors (Lipinski definition) is 6. The van der Waals surface area contributed by atoms with Gasteiger partial charge in [0.1, 0.15) is 16.3 Å². The van der Waals surface area contributed by atoms with Crippen LogP contribution in [0.1, 0.15) is 40.9 Å². The molecule has 1 saturated carbocycles. The lowest BCUT2D eigenvalue weighted by atomic mass is 9.78. The molecule has 1 aliphatic carbocycles. The minimum Gasteiger partial charge on any atom is -0.497 e. The van der Waals surface area contributed by atoms with Crippen LogP contribution in [0.25, 0.3) is 11.1 Å². The quantitative estimate of drug-likeness (QED) is 0.660. The molecule has 0 radical (unpaired) electrons. The van der Waals surface area contributed by atoms with Gasteiger partial charge in [0.15, 0.2) is 0 Å². The number of carboxylic acids is 1. The zero-order valence-corrected chi connectivity index (χ0v) is 18.0. The summed E-state index contributed by atoms with van der Waals surface area (Å²) in [4.78, 5) is 38.0. The van der Waals surface area contributed by atoms with Crippen LogP contribution >= 0.6 is 11.3 Å². The molecular formula is C22H25NO6S. The van der Waals surface area contributed by atoms with Crippen LogP contribution in [0.5, 0.6) is 5.75 Å². The standard InChI is InChI=1S/C22H25NO6S/c1-12-17(13-8-10-14(28-2)11-9-13)18(22(27)29-3)20(30-12)23-19(24)15-6-4-5-7-16(15)21(25)26/h8-11,15-16H,4-7H2,1-3H3,(H,23,24)(H,25,26)/t15-,16-/m1/s1. The number of rotatable bonds is 6. The number of carbonyl (C=O) groups excluding carboxylic acids is 2. The highest BCUT2D eigenvalue weighted by Crippen LogP contribution is 2.41. The predicted molar refractivity (Wildman–Crippen MR) is 114 cm³/mol. The number of thiophene rings is 1. The third kappa shape index (κ3) is 4.33. The predicted octanol–water partition coefficient (Wildman–Crippen LogP) is 4.35. The van der Waals surface area contributed by atoms with Crippen LogP contribution < -0.4 is 10.1 Å². The van der Waals surface area contributed by atoms with E-state index >= 15 is 0 Å². The SMILES string of the molecule is COC(=O)c1c(NC(=O)[C@@H]2CCCC[C@H]2C(=O)O)sc(C)c1-c1ccc(OC)cc1. The number of ether oxygens (including phenoxy) is 2. The summed E-state index contributed by atoms with van der Waals surface area (Å²) in [5.41, 5.74) is 1.76. The summed E-state index contributed by atoms with van der Waals surface area (Å²) in [5, 5.41) is 12.7. The topological polar surface area (TPSA) is 102 Å². The molecular weight excluding hydrogens is 406 g/mol. The normalized spacial score (nSPS) is 18.5. The first kappa shape index (κ1) is 21.8. The first-order chi connectivity index (χ1) is 14.4. The van der Waals surface area contributed by atoms with E-state index in [1.807, 2.05) is 19.1 Å². The second kappa shape index (κ2) is 9.30. The molecule has 30 heavy (non-hydrogen) atoms. The molecule has 1 fully saturated rings. The van der Waals surface area contributed by atoms with E-state index in [2.05, 4.69) is 5.32 Å². The summed E-state index contributed by atoms with van der Waals surface area (Å²) < 4.78 is 10.2. The van der Waals surface area contributed by atoms with Gasteiger partial charge in [-0.25, -0.2) is 4.79 Å². The Morgan fingerprint density at radius 1 is 1.07 bits per heavy atom. The van der Waals surface area contributed by atoms with E-state index in [1.165, 1.54) is 18.4 Å². The van der Waals surface area contributed by atoms with Crippen molar-refractivity contribution >= 4 is 34.2 Å². The lowest BCUT2D eigenvalue weighted by Gasteiger charge is -2.27. The van der Waals surface area contributed by atoms with Crippen LogP contribution in [0.2, 0.25) is 0 Å². The van der Waals surface area contributed by atoms with Crippen molar-refractivity contribution in [1.29, 1.82) is 0 Å². The average Bonchev–Trinajstić information content (AvgIpc) is 3.08. The number of nitrogens with one attached hydrogen (secondary N) is 1. The molecule has 160 valence electrons. The zero-order valence-electron chi connectivity index (χ0n) is 17.2. The second-order valence-corrected chi connectivity index (χ2v) is 8.51. The van der Waals surface area contributed by atoms with Crippen LogP contribution in [-0.2, 0) is 14.3 Å². The van der Waals surface area contributed by atoms with Crippen molar-refractivity contribution in [2.45, 2.75) is 32.6 Å². The summed E-state index contributed by atoms with van der Waals surface area (Å²) in [6.07, 6.45) is 2.62. The maximum atomic E-state index is 12.9. The van der Waals surface area contributed by atoms with Gasteiger partial charge in [-0.3, -0.25) is 9.59 Å². The van der Waals surface area contributed by atoms with Gasteiger partial charge in [-0.05, 0) is 37.5 Å². The minimum atomic E-state index is -0.954. The molecule has 1 aromatic heterocycles. The Bertz CT molecular complexity index is 949. The molecule has 3 rings (SSSR count). The van der Waals surface area contributed by atoms with Crippen molar-refractivity contribution in [2.75, 3.05) is 19.5 Å². The van der Waals surface area contributed by atoms with Crippen LogP contribution in [0.15, 0.2) is 24.3 Å². The Morgan fingerprint density at radius 2 is 1.70 bits per heavy atom. The van der Waals surface area contributed by atoms with Crippen molar-refractivity contribution in [1.82, 2.24) is 0 Å². The molecule has 2 N–H and O–H groups in total. The van der Waals surface area contributed by atoms with Crippen molar-refractivity contribution < 1.29 is 29.0 Å². The molecule has 1 aliphatic rings. The Hall–Kier alpha value is -2.87. The third-order valence-corrected chi connectivity index (χ3v) is 6.53. The highest BCUT2D eigenvalue weighted by atomic mass is 32.1. The maximum absolute atomic E-state index is 12.9. The Labute approximate surface area is 179 Å². The number of aliphatic carboxylic acids is 1. The van der Waals surface area contributed by atoms with Crippen LogP contribution in [0.3, 0.4) is 0 Å². The second-order valence-electron chi connectivity index (χ2n) is 7.28. The molecule has 0 spiro atoms. The number of methoxy groups -OCH3 is 2. The summed E-state index contributed by atoms with van der Waals surface area (Å²) in [6.45, 7) is 1.87. The number of anilines is 1. The number of amides is 1. The number of esters is 1. The number of carbonyl (C=O) groups is 3. The summed E-state index contributed by atoms with van der Waals surface area (Å²) >= 11 is 1.28. The van der Waals surface area contributed by atoms with Gasteiger partial charge in [-0.15, -0.1) is 11.3 Å². The van der Waals surface area contributed by atoms with E-state index in [9.17, 15) is 19.5 Å². The fourth-order valence-corrected chi connectivity index (χ4v) is 5.05. The minimum absolute atomic E-state index is 0.279. The summed E-state index contributed by atoms with van der Waals surface area (Å²) in [6, 6.07) is 7.28. The van der Waals surface area contributed by atoms with Crippen molar-refractivity contribution in [3.05, 3.63) is 34.7 Å². The van der Waals surface area contributed by atoms with Gasteiger partial charge < -0.3 is 19.9 Å². The fraction of sp³-hybridized carbons (Fsp3) is 0.409. The molecule has 1 amide bonds. The molecule has 8 heteroatoms. The monoisotopic (exact) mass is 431 g/mol. The molecule has 7 nitrogen and oxygen atoms in total. The van der Waals surface area contributed by atoms with Gasteiger partial charge in [-0.1, -0.05) is 25.0 Å². The first-order valence-electron chi connectivity index (χ1n) is 9.77. The molecule has 0 aliphatic heterocycles. The van der Waals surface area contributed by atoms with E-state index in [0.29, 0.717) is 29.2 Å². The third-order valence-electron chi connectivity index (χ3n) is 5.51. The zero-order chi connectivity index (χ0) is 21.8. The molecule has 2 atom stereocenters. The number of hydrogen-bond donors (Lipinski definition) is 2. The summed E-state index contributed by atoms with van der Waals surface area (Å²) in [5.74, 6) is -2.51. The highest BCUT2D eigenvalue weighted by Gasteiger charge is 2.36. The lowest BCUT2D eigenvalue weighted by molar-refractivity contribution is -0.147. The van der Waals surface area contributed by atoms with Crippen LogP contribution in [0.4, 0.5) is 5.00 Å². The molecule has 0 bridgehead atoms. The van der Waals surface area contributed by atoms with Gasteiger partial charge in [0.25, 0.3) is 0 Å². The highest BCUT2D eigenvalue weighted by molar-refractivity contribution is 7.17. The van der Waals surface area contributed by atoms with Crippen molar-refractivity contribution in [3.8, 4) is 16.9 Å². The largest absolute Gasteiger partial charge is 0.497 e. The molecule has 1 aromatic carbocycles. The van der Waals surface area contributed by atoms with Crippen LogP contribution in [-0.4, -0.2) is 37.2 Å². The smallest absolute Gasteiger partial charge is 0.341 e. The molecule has 0 saturated heterocycles. The van der Waals surface area contributed by atoms with E-state index < -0.39 is 23.8 Å². The molecule has 0 unspecified atom stereocenters. The fourth-order valence-electron chi connectivity index (χ4n) is 3.98. The Morgan fingerprint density at radius 3 is 2.27 bits per heavy atom.